The molecule has 2 aliphatic heterocycles. The summed E-state index contributed by atoms with van der Waals surface area (Å²) in [6.45, 7) is 5.67. The number of hydrogen-bond acceptors (Lipinski definition) is 7. The van der Waals surface area contributed by atoms with Crippen molar-refractivity contribution in [2.75, 3.05) is 6.54 Å². The lowest BCUT2D eigenvalue weighted by atomic mass is 9.91. The van der Waals surface area contributed by atoms with Crippen LogP contribution in [0.1, 0.15) is 53.8 Å². The van der Waals surface area contributed by atoms with Gasteiger partial charge in [0.2, 0.25) is 0 Å². The molecule has 1 unspecified atom stereocenters. The van der Waals surface area contributed by atoms with Gasteiger partial charge < -0.3 is 19.7 Å². The smallest absolute Gasteiger partial charge is 0.185 e. The summed E-state index contributed by atoms with van der Waals surface area (Å²) in [6.07, 6.45) is 3.47. The average Bonchev–Trinajstić information content (AvgIpc) is 3.52. The van der Waals surface area contributed by atoms with Crippen molar-refractivity contribution < 1.29 is 14.4 Å². The van der Waals surface area contributed by atoms with Crippen LogP contribution in [0.2, 0.25) is 5.02 Å². The average molecular weight is 482 g/mol. The predicted molar refractivity (Wildman–Crippen MR) is 129 cm³/mol. The molecule has 6 rings (SSSR count). The first-order valence-electron chi connectivity index (χ1n) is 11.2. The van der Waals surface area contributed by atoms with Crippen molar-refractivity contribution in [2.24, 2.45) is 0 Å². The van der Waals surface area contributed by atoms with Gasteiger partial charge in [0.25, 0.3) is 0 Å². The van der Waals surface area contributed by atoms with E-state index in [9.17, 15) is 5.11 Å². The van der Waals surface area contributed by atoms with E-state index in [4.69, 9.17) is 20.9 Å². The van der Waals surface area contributed by atoms with E-state index in [1.165, 1.54) is 0 Å². The first-order valence-corrected chi connectivity index (χ1v) is 12.4. The molecular formula is C25H24ClN3O3S. The van der Waals surface area contributed by atoms with Gasteiger partial charge in [0.1, 0.15) is 5.75 Å². The van der Waals surface area contributed by atoms with Crippen LogP contribution in [0.5, 0.6) is 5.75 Å². The number of aliphatic hydroxyl groups is 1. The number of ether oxygens (including phenoxy) is 1. The van der Waals surface area contributed by atoms with Gasteiger partial charge in [0.15, 0.2) is 11.4 Å². The molecule has 2 aliphatic rings. The number of aliphatic hydroxyl groups excluding tert-OH is 1. The number of thiophene rings is 1. The molecule has 0 spiro atoms. The van der Waals surface area contributed by atoms with Crippen molar-refractivity contribution in [3.8, 4) is 16.9 Å². The summed E-state index contributed by atoms with van der Waals surface area (Å²) in [7, 11) is 0. The Hall–Kier alpha value is -2.45. The maximum absolute atomic E-state index is 10.4. The van der Waals surface area contributed by atoms with E-state index in [1.807, 2.05) is 31.2 Å². The number of hydrogen-bond donors (Lipinski definition) is 2. The summed E-state index contributed by atoms with van der Waals surface area (Å²) in [5.74, 6) is 1.60. The molecule has 8 heteroatoms. The van der Waals surface area contributed by atoms with Crippen LogP contribution in [-0.2, 0) is 25.0 Å². The molecule has 1 aromatic carbocycles. The zero-order valence-corrected chi connectivity index (χ0v) is 20.0. The summed E-state index contributed by atoms with van der Waals surface area (Å²) in [5.41, 5.74) is 5.30. The Kier molecular flexibility index (Phi) is 4.99. The topological polar surface area (TPSA) is 80.4 Å². The SMILES string of the molecule is CC[C@@H](O)c1cc2nccc(-c3cc(Cl)cc4c3OC(C)(c3onc5c3CNCC5)C4)c2s1. The summed E-state index contributed by atoms with van der Waals surface area (Å²) in [6, 6.07) is 7.90. The molecule has 0 amide bonds. The highest BCUT2D eigenvalue weighted by Gasteiger charge is 2.44. The van der Waals surface area contributed by atoms with E-state index in [-0.39, 0.29) is 0 Å². The van der Waals surface area contributed by atoms with Gasteiger partial charge in [-0.1, -0.05) is 23.7 Å². The van der Waals surface area contributed by atoms with E-state index in [1.54, 1.807) is 17.5 Å². The Balaban J connectivity index is 1.47. The van der Waals surface area contributed by atoms with Crippen molar-refractivity contribution in [1.82, 2.24) is 15.5 Å². The monoisotopic (exact) mass is 481 g/mol. The third-order valence-electron chi connectivity index (χ3n) is 6.61. The maximum Gasteiger partial charge on any atom is 0.185 e. The van der Waals surface area contributed by atoms with E-state index < -0.39 is 11.7 Å². The molecule has 0 radical (unpaired) electrons. The zero-order valence-electron chi connectivity index (χ0n) is 18.4. The molecule has 5 heterocycles. The molecule has 2 atom stereocenters. The van der Waals surface area contributed by atoms with Crippen molar-refractivity contribution in [3.05, 3.63) is 62.9 Å². The summed E-state index contributed by atoms with van der Waals surface area (Å²) in [4.78, 5) is 5.45. The summed E-state index contributed by atoms with van der Waals surface area (Å²) < 4.78 is 13.5. The van der Waals surface area contributed by atoms with E-state index in [0.717, 1.165) is 74.1 Å². The lowest BCUT2D eigenvalue weighted by molar-refractivity contribution is 0.0792. The summed E-state index contributed by atoms with van der Waals surface area (Å²) in [5, 5.41) is 18.8. The normalized spacial score (nSPS) is 20.5. The molecule has 33 heavy (non-hydrogen) atoms. The number of fused-ring (bicyclic) bond motifs is 3. The second-order valence-electron chi connectivity index (χ2n) is 8.96. The van der Waals surface area contributed by atoms with Crippen LogP contribution in [0, 0.1) is 0 Å². The number of aromatic nitrogens is 2. The highest BCUT2D eigenvalue weighted by Crippen LogP contribution is 2.50. The Morgan fingerprint density at radius 3 is 3.03 bits per heavy atom. The van der Waals surface area contributed by atoms with Crippen LogP contribution in [0.3, 0.4) is 0 Å². The molecule has 170 valence electrons. The lowest BCUT2D eigenvalue weighted by Crippen LogP contribution is -2.31. The van der Waals surface area contributed by atoms with E-state index in [2.05, 4.69) is 22.4 Å². The number of nitrogens with one attached hydrogen (secondary N) is 1. The molecule has 3 aromatic heterocycles. The van der Waals surface area contributed by atoms with Crippen LogP contribution in [0.25, 0.3) is 21.3 Å². The van der Waals surface area contributed by atoms with Crippen molar-refractivity contribution in [1.29, 1.82) is 0 Å². The van der Waals surface area contributed by atoms with Crippen LogP contribution < -0.4 is 10.1 Å². The standard InChI is InChI=1S/C25H24ClN3O3S/c1-3-20(30)21-10-19-23(33-21)15(4-7-28-19)16-9-14(26)8-13-11-25(2,31-22(13)16)24-17-12-27-6-5-18(17)29-32-24/h4,7-10,20,27,30H,3,5-6,11-12H2,1-2H3/t20-,25?/m1/s1. The third-order valence-corrected chi connectivity index (χ3v) is 8.09. The molecule has 4 aromatic rings. The Bertz CT molecular complexity index is 1380. The minimum atomic E-state index is -0.660. The van der Waals surface area contributed by atoms with Gasteiger partial charge in [-0.25, -0.2) is 0 Å². The van der Waals surface area contributed by atoms with Gasteiger partial charge in [0.05, 0.1) is 22.0 Å². The highest BCUT2D eigenvalue weighted by atomic mass is 35.5. The molecule has 0 bridgehead atoms. The van der Waals surface area contributed by atoms with Crippen LogP contribution in [0.4, 0.5) is 0 Å². The molecule has 0 saturated carbocycles. The minimum absolute atomic E-state index is 0.493. The molecular weight excluding hydrogens is 458 g/mol. The minimum Gasteiger partial charge on any atom is -0.478 e. The van der Waals surface area contributed by atoms with Crippen molar-refractivity contribution in [3.63, 3.8) is 0 Å². The highest BCUT2D eigenvalue weighted by molar-refractivity contribution is 7.19. The Morgan fingerprint density at radius 1 is 1.30 bits per heavy atom. The first kappa shape index (κ1) is 21.1. The third kappa shape index (κ3) is 3.37. The van der Waals surface area contributed by atoms with E-state index >= 15 is 0 Å². The fourth-order valence-corrected chi connectivity index (χ4v) is 6.40. The molecule has 0 aliphatic carbocycles. The first-order chi connectivity index (χ1) is 16.0. The van der Waals surface area contributed by atoms with E-state index in [0.29, 0.717) is 17.9 Å². The Morgan fingerprint density at radius 2 is 2.18 bits per heavy atom. The molecule has 0 fully saturated rings. The fraction of sp³-hybridized carbons (Fsp3) is 0.360. The van der Waals surface area contributed by atoms with Gasteiger partial charge in [-0.3, -0.25) is 4.98 Å². The number of rotatable bonds is 4. The van der Waals surface area contributed by atoms with Crippen molar-refractivity contribution >= 4 is 33.2 Å². The second kappa shape index (κ2) is 7.81. The number of halogens is 1. The second-order valence-corrected chi connectivity index (χ2v) is 10.5. The lowest BCUT2D eigenvalue weighted by Gasteiger charge is -2.24. The molecule has 2 N–H and O–H groups in total. The molecule has 0 saturated heterocycles. The maximum atomic E-state index is 10.4. The quantitative estimate of drug-likeness (QED) is 0.398. The predicted octanol–water partition coefficient (Wildman–Crippen LogP) is 5.54. The van der Waals surface area contributed by atoms with Gasteiger partial charge in [-0.05, 0) is 37.6 Å². The number of benzene rings is 1. The van der Waals surface area contributed by atoms with Crippen molar-refractivity contribution in [2.45, 2.75) is 51.4 Å². The number of nitrogens with zero attached hydrogens (tertiary/aromatic N) is 2. The summed E-state index contributed by atoms with van der Waals surface area (Å²) >= 11 is 8.16. The molecule has 6 nitrogen and oxygen atoms in total. The van der Waals surface area contributed by atoms with Gasteiger partial charge in [-0.15, -0.1) is 11.3 Å². The zero-order chi connectivity index (χ0) is 22.7. The van der Waals surface area contributed by atoms with Crippen LogP contribution >= 0.6 is 22.9 Å². The van der Waals surface area contributed by atoms with Gasteiger partial charge >= 0.3 is 0 Å². The number of pyridine rings is 1. The van der Waals surface area contributed by atoms with Gasteiger partial charge in [0, 0.05) is 64.3 Å². The fourth-order valence-electron chi connectivity index (χ4n) is 4.94. The van der Waals surface area contributed by atoms with Crippen LogP contribution in [0.15, 0.2) is 35.0 Å². The largest absolute Gasteiger partial charge is 0.478 e. The van der Waals surface area contributed by atoms with Crippen LogP contribution in [-0.4, -0.2) is 21.8 Å². The Labute approximate surface area is 200 Å². The van der Waals surface area contributed by atoms with Gasteiger partial charge in [-0.2, -0.15) is 0 Å².